The largest absolute Gasteiger partial charge is 0.367 e. The second-order valence-electron chi connectivity index (χ2n) is 4.80. The summed E-state index contributed by atoms with van der Waals surface area (Å²) < 4.78 is 0. The van der Waals surface area contributed by atoms with Crippen LogP contribution in [0.2, 0.25) is 0 Å². The second kappa shape index (κ2) is 4.99. The van der Waals surface area contributed by atoms with Gasteiger partial charge >= 0.3 is 0 Å². The van der Waals surface area contributed by atoms with Crippen LogP contribution < -0.4 is 5.32 Å². The standard InChI is InChI=1S/C12H22N4/c1-15(2)12(10-4-5-13-8-10)11-9-14-6-7-16(11)3/h4-5,8,11-14H,6-7,9H2,1-3H3. The van der Waals surface area contributed by atoms with E-state index >= 15 is 0 Å². The quantitative estimate of drug-likeness (QED) is 0.782. The van der Waals surface area contributed by atoms with Gasteiger partial charge in [-0.3, -0.25) is 4.90 Å². The molecule has 0 radical (unpaired) electrons. The molecule has 1 saturated heterocycles. The Labute approximate surface area is 97.6 Å². The number of aromatic amines is 1. The summed E-state index contributed by atoms with van der Waals surface area (Å²) >= 11 is 0. The van der Waals surface area contributed by atoms with E-state index in [9.17, 15) is 0 Å². The van der Waals surface area contributed by atoms with Gasteiger partial charge in [-0.2, -0.15) is 0 Å². The molecule has 4 nitrogen and oxygen atoms in total. The third-order valence-electron chi connectivity index (χ3n) is 3.45. The molecule has 90 valence electrons. The van der Waals surface area contributed by atoms with Crippen molar-refractivity contribution in [2.45, 2.75) is 12.1 Å². The smallest absolute Gasteiger partial charge is 0.0525 e. The van der Waals surface area contributed by atoms with Crippen molar-refractivity contribution in [1.82, 2.24) is 20.1 Å². The maximum atomic E-state index is 3.48. The molecule has 2 heterocycles. The van der Waals surface area contributed by atoms with Crippen molar-refractivity contribution in [3.8, 4) is 0 Å². The average molecular weight is 222 g/mol. The molecule has 0 aliphatic carbocycles. The molecule has 2 rings (SSSR count). The first kappa shape index (κ1) is 11.6. The van der Waals surface area contributed by atoms with Crippen LogP contribution in [0, 0.1) is 0 Å². The van der Waals surface area contributed by atoms with Crippen LogP contribution in [0.1, 0.15) is 11.6 Å². The topological polar surface area (TPSA) is 34.3 Å². The zero-order valence-corrected chi connectivity index (χ0v) is 10.4. The third-order valence-corrected chi connectivity index (χ3v) is 3.45. The highest BCUT2D eigenvalue weighted by Crippen LogP contribution is 2.25. The molecule has 0 aromatic carbocycles. The highest BCUT2D eigenvalue weighted by Gasteiger charge is 2.30. The molecule has 1 fully saturated rings. The fraction of sp³-hybridized carbons (Fsp3) is 0.667. The Balaban J connectivity index is 2.18. The van der Waals surface area contributed by atoms with E-state index in [1.807, 2.05) is 6.20 Å². The molecule has 1 aromatic heterocycles. The van der Waals surface area contributed by atoms with Crippen LogP contribution in [0.25, 0.3) is 0 Å². The van der Waals surface area contributed by atoms with Crippen LogP contribution in [0.5, 0.6) is 0 Å². The van der Waals surface area contributed by atoms with Crippen LogP contribution >= 0.6 is 0 Å². The normalized spacial score (nSPS) is 24.9. The molecule has 1 aliphatic rings. The van der Waals surface area contributed by atoms with E-state index in [4.69, 9.17) is 0 Å². The summed E-state index contributed by atoms with van der Waals surface area (Å²) in [6.07, 6.45) is 4.11. The molecule has 16 heavy (non-hydrogen) atoms. The van der Waals surface area contributed by atoms with Crippen LogP contribution in [-0.4, -0.2) is 61.6 Å². The molecule has 0 amide bonds. The minimum absolute atomic E-state index is 0.448. The van der Waals surface area contributed by atoms with Crippen molar-refractivity contribution in [3.05, 3.63) is 24.0 Å². The summed E-state index contributed by atoms with van der Waals surface area (Å²) in [5.74, 6) is 0. The molecule has 0 saturated carbocycles. The molecular formula is C12H22N4. The zero-order valence-electron chi connectivity index (χ0n) is 10.4. The monoisotopic (exact) mass is 222 g/mol. The van der Waals surface area contributed by atoms with E-state index in [0.29, 0.717) is 12.1 Å². The molecule has 0 spiro atoms. The maximum Gasteiger partial charge on any atom is 0.0525 e. The van der Waals surface area contributed by atoms with Gasteiger partial charge < -0.3 is 15.2 Å². The number of aromatic nitrogens is 1. The van der Waals surface area contributed by atoms with E-state index in [0.717, 1.165) is 19.6 Å². The second-order valence-corrected chi connectivity index (χ2v) is 4.80. The van der Waals surface area contributed by atoms with Crippen molar-refractivity contribution in [2.24, 2.45) is 0 Å². The van der Waals surface area contributed by atoms with Gasteiger partial charge in [-0.05, 0) is 32.8 Å². The van der Waals surface area contributed by atoms with Crippen LogP contribution in [0.3, 0.4) is 0 Å². The molecular weight excluding hydrogens is 200 g/mol. The number of nitrogens with one attached hydrogen (secondary N) is 2. The minimum Gasteiger partial charge on any atom is -0.367 e. The highest BCUT2D eigenvalue weighted by molar-refractivity contribution is 5.17. The lowest BCUT2D eigenvalue weighted by Crippen LogP contribution is -2.54. The van der Waals surface area contributed by atoms with Crippen molar-refractivity contribution in [2.75, 3.05) is 40.8 Å². The summed E-state index contributed by atoms with van der Waals surface area (Å²) in [6, 6.07) is 3.16. The summed E-state index contributed by atoms with van der Waals surface area (Å²) in [7, 11) is 6.52. The van der Waals surface area contributed by atoms with Gasteiger partial charge in [0, 0.05) is 38.1 Å². The number of likely N-dealkylation sites (N-methyl/N-ethyl adjacent to an activating group) is 2. The van der Waals surface area contributed by atoms with E-state index in [1.54, 1.807) is 0 Å². The van der Waals surface area contributed by atoms with Gasteiger partial charge in [-0.25, -0.2) is 0 Å². The summed E-state index contributed by atoms with van der Waals surface area (Å²) in [4.78, 5) is 7.91. The fourth-order valence-corrected chi connectivity index (χ4v) is 2.56. The number of nitrogens with zero attached hydrogens (tertiary/aromatic N) is 2. The van der Waals surface area contributed by atoms with Crippen LogP contribution in [0.4, 0.5) is 0 Å². The van der Waals surface area contributed by atoms with Crippen molar-refractivity contribution < 1.29 is 0 Å². The average Bonchev–Trinajstić information content (AvgIpc) is 2.74. The lowest BCUT2D eigenvalue weighted by molar-refractivity contribution is 0.107. The number of rotatable bonds is 3. The lowest BCUT2D eigenvalue weighted by atomic mass is 9.98. The molecule has 2 atom stereocenters. The number of hydrogen-bond acceptors (Lipinski definition) is 3. The molecule has 1 aromatic rings. The molecule has 0 bridgehead atoms. The Morgan fingerprint density at radius 1 is 1.50 bits per heavy atom. The summed E-state index contributed by atoms with van der Waals surface area (Å²) in [5.41, 5.74) is 1.37. The number of piperazine rings is 1. The molecule has 1 aliphatic heterocycles. The Kier molecular flexibility index (Phi) is 3.63. The highest BCUT2D eigenvalue weighted by atomic mass is 15.3. The first-order valence-corrected chi connectivity index (χ1v) is 5.90. The van der Waals surface area contributed by atoms with Gasteiger partial charge in [0.1, 0.15) is 0 Å². The fourth-order valence-electron chi connectivity index (χ4n) is 2.56. The summed E-state index contributed by atoms with van der Waals surface area (Å²) in [5, 5.41) is 3.48. The van der Waals surface area contributed by atoms with Crippen LogP contribution in [-0.2, 0) is 0 Å². The molecule has 2 N–H and O–H groups in total. The van der Waals surface area contributed by atoms with Crippen molar-refractivity contribution in [3.63, 3.8) is 0 Å². The van der Waals surface area contributed by atoms with Gasteiger partial charge in [-0.1, -0.05) is 0 Å². The maximum absolute atomic E-state index is 3.48. The summed E-state index contributed by atoms with van der Waals surface area (Å²) in [6.45, 7) is 3.28. The van der Waals surface area contributed by atoms with Gasteiger partial charge in [0.05, 0.1) is 6.04 Å². The lowest BCUT2D eigenvalue weighted by Gasteiger charge is -2.41. The first-order chi connectivity index (χ1) is 7.70. The Bertz CT molecular complexity index is 307. The minimum atomic E-state index is 0.448. The Hall–Kier alpha value is -0.840. The third kappa shape index (κ3) is 2.29. The Morgan fingerprint density at radius 2 is 2.31 bits per heavy atom. The van der Waals surface area contributed by atoms with Gasteiger partial charge in [0.2, 0.25) is 0 Å². The molecule has 2 unspecified atom stereocenters. The van der Waals surface area contributed by atoms with Crippen LogP contribution in [0.15, 0.2) is 18.5 Å². The number of H-pyrrole nitrogens is 1. The van der Waals surface area contributed by atoms with Crippen molar-refractivity contribution in [1.29, 1.82) is 0 Å². The predicted octanol–water partition coefficient (Wildman–Crippen LogP) is 0.521. The van der Waals surface area contributed by atoms with E-state index in [1.165, 1.54) is 5.56 Å². The van der Waals surface area contributed by atoms with Gasteiger partial charge in [0.15, 0.2) is 0 Å². The first-order valence-electron chi connectivity index (χ1n) is 5.90. The Morgan fingerprint density at radius 3 is 2.88 bits per heavy atom. The van der Waals surface area contributed by atoms with Crippen molar-refractivity contribution >= 4 is 0 Å². The molecule has 4 heteroatoms. The van der Waals surface area contributed by atoms with E-state index in [2.05, 4.69) is 53.5 Å². The van der Waals surface area contributed by atoms with Gasteiger partial charge in [-0.15, -0.1) is 0 Å². The van der Waals surface area contributed by atoms with Gasteiger partial charge in [0.25, 0.3) is 0 Å². The predicted molar refractivity (Wildman–Crippen MR) is 66.5 cm³/mol. The van der Waals surface area contributed by atoms with E-state index in [-0.39, 0.29) is 0 Å². The van der Waals surface area contributed by atoms with E-state index < -0.39 is 0 Å². The number of hydrogen-bond donors (Lipinski definition) is 2. The SMILES string of the molecule is CN(C)C(c1cc[nH]c1)C1CNCCN1C. The zero-order chi connectivity index (χ0) is 11.5.